The Labute approximate surface area is 144 Å². The van der Waals surface area contributed by atoms with E-state index in [2.05, 4.69) is 4.98 Å². The number of esters is 1. The lowest BCUT2D eigenvalue weighted by molar-refractivity contribution is -0.150. The van der Waals surface area contributed by atoms with Crippen LogP contribution in [0.1, 0.15) is 37.6 Å². The van der Waals surface area contributed by atoms with Crippen molar-refractivity contribution in [3.8, 4) is 0 Å². The predicted octanol–water partition coefficient (Wildman–Crippen LogP) is 2.62. The van der Waals surface area contributed by atoms with E-state index in [0.29, 0.717) is 10.2 Å². The molecule has 24 heavy (non-hydrogen) atoms. The number of aromatic nitrogens is 2. The van der Waals surface area contributed by atoms with Gasteiger partial charge < -0.3 is 4.74 Å². The van der Waals surface area contributed by atoms with Crippen molar-refractivity contribution in [3.05, 3.63) is 27.1 Å². The molecule has 6 nitrogen and oxygen atoms in total. The molecule has 0 N–H and O–H groups in total. The van der Waals surface area contributed by atoms with E-state index in [1.54, 1.807) is 20.8 Å². The summed E-state index contributed by atoms with van der Waals surface area (Å²) in [5.41, 5.74) is 0.237. The quantitative estimate of drug-likeness (QED) is 0.775. The van der Waals surface area contributed by atoms with Crippen LogP contribution in [0.15, 0.2) is 11.1 Å². The van der Waals surface area contributed by atoms with Gasteiger partial charge in [0.15, 0.2) is 12.4 Å². The summed E-state index contributed by atoms with van der Waals surface area (Å²) in [4.78, 5) is 42.1. The number of hydrogen-bond acceptors (Lipinski definition) is 6. The zero-order chi connectivity index (χ0) is 18.1. The second-order valence-electron chi connectivity index (χ2n) is 6.79. The number of aryl methyl sites for hydroxylation is 3. The van der Waals surface area contributed by atoms with Crippen molar-refractivity contribution < 1.29 is 14.3 Å². The third-order valence-electron chi connectivity index (χ3n) is 3.91. The van der Waals surface area contributed by atoms with Gasteiger partial charge in [0.25, 0.3) is 5.56 Å². The summed E-state index contributed by atoms with van der Waals surface area (Å²) in [5, 5.41) is 0.608. The van der Waals surface area contributed by atoms with Crippen LogP contribution in [0.3, 0.4) is 0 Å². The molecule has 2 aromatic heterocycles. The van der Waals surface area contributed by atoms with E-state index in [9.17, 15) is 14.4 Å². The second-order valence-corrected chi connectivity index (χ2v) is 7.99. The van der Waals surface area contributed by atoms with Gasteiger partial charge in [-0.05, 0) is 19.4 Å². The Bertz CT molecular complexity index is 843. The summed E-state index contributed by atoms with van der Waals surface area (Å²) in [6, 6.07) is 0. The summed E-state index contributed by atoms with van der Waals surface area (Å²) in [5.74, 6) is -0.640. The van der Waals surface area contributed by atoms with Gasteiger partial charge >= 0.3 is 5.97 Å². The molecule has 0 saturated carbocycles. The van der Waals surface area contributed by atoms with Crippen LogP contribution < -0.4 is 5.56 Å². The van der Waals surface area contributed by atoms with E-state index in [4.69, 9.17) is 4.74 Å². The van der Waals surface area contributed by atoms with Gasteiger partial charge in [-0.2, -0.15) is 0 Å². The Kier molecular flexibility index (Phi) is 5.22. The molecule has 2 rings (SSSR count). The molecule has 0 aliphatic rings. The number of hydrogen-bond donors (Lipinski definition) is 0. The Hall–Kier alpha value is -2.02. The van der Waals surface area contributed by atoms with Crippen LogP contribution in [0.5, 0.6) is 0 Å². The Balaban J connectivity index is 2.02. The van der Waals surface area contributed by atoms with E-state index < -0.39 is 11.4 Å². The van der Waals surface area contributed by atoms with Crippen LogP contribution in [-0.2, 0) is 20.9 Å². The predicted molar refractivity (Wildman–Crippen MR) is 93.4 cm³/mol. The summed E-state index contributed by atoms with van der Waals surface area (Å²) >= 11 is 1.49. The molecule has 2 heterocycles. The lowest BCUT2D eigenvalue weighted by Crippen LogP contribution is -2.27. The van der Waals surface area contributed by atoms with E-state index >= 15 is 0 Å². The second kappa shape index (κ2) is 6.84. The fourth-order valence-electron chi connectivity index (χ4n) is 2.08. The summed E-state index contributed by atoms with van der Waals surface area (Å²) in [7, 11) is 0. The smallest absolute Gasteiger partial charge is 0.308 e. The molecular formula is C17H22N2O4S. The number of ether oxygens (including phenoxy) is 1. The van der Waals surface area contributed by atoms with Gasteiger partial charge in [-0.3, -0.25) is 19.0 Å². The lowest BCUT2D eigenvalue weighted by Gasteiger charge is -2.16. The van der Waals surface area contributed by atoms with Gasteiger partial charge in [-0.25, -0.2) is 4.98 Å². The molecule has 0 amide bonds. The van der Waals surface area contributed by atoms with Crippen molar-refractivity contribution in [2.45, 2.75) is 47.6 Å². The number of carbonyl (C=O) groups is 2. The molecule has 0 aliphatic carbocycles. The van der Waals surface area contributed by atoms with Gasteiger partial charge in [0.2, 0.25) is 0 Å². The molecule has 130 valence electrons. The topological polar surface area (TPSA) is 78.3 Å². The number of Topliss-reactive ketones (excluding diaryl/α,β-unsaturated/α-hetero) is 1. The molecule has 0 radical (unpaired) electrons. The minimum atomic E-state index is -0.541. The molecule has 0 aliphatic heterocycles. The molecule has 7 heteroatoms. The highest BCUT2D eigenvalue weighted by molar-refractivity contribution is 7.18. The molecule has 0 saturated heterocycles. The zero-order valence-electron chi connectivity index (χ0n) is 14.6. The maximum absolute atomic E-state index is 12.5. The SMILES string of the molecule is Cc1sc2ncn(CCC(=O)OCC(=O)C(C)(C)C)c(=O)c2c1C. The van der Waals surface area contributed by atoms with Crippen LogP contribution >= 0.6 is 11.3 Å². The van der Waals surface area contributed by atoms with E-state index in [1.165, 1.54) is 22.2 Å². The molecule has 0 atom stereocenters. The molecule has 2 aromatic rings. The van der Waals surface area contributed by atoms with Crippen molar-refractivity contribution in [2.24, 2.45) is 5.41 Å². The molecule has 0 aromatic carbocycles. The van der Waals surface area contributed by atoms with Crippen molar-refractivity contribution in [2.75, 3.05) is 6.61 Å². The monoisotopic (exact) mass is 350 g/mol. The number of rotatable bonds is 5. The maximum Gasteiger partial charge on any atom is 0.308 e. The van der Waals surface area contributed by atoms with Crippen LogP contribution in [0.2, 0.25) is 0 Å². The Morgan fingerprint density at radius 3 is 2.58 bits per heavy atom. The van der Waals surface area contributed by atoms with Crippen LogP contribution in [0.25, 0.3) is 10.2 Å². The van der Waals surface area contributed by atoms with Crippen LogP contribution in [0, 0.1) is 19.3 Å². The lowest BCUT2D eigenvalue weighted by atomic mass is 9.91. The van der Waals surface area contributed by atoms with Crippen LogP contribution in [0.4, 0.5) is 0 Å². The average molecular weight is 350 g/mol. The van der Waals surface area contributed by atoms with Crippen molar-refractivity contribution in [3.63, 3.8) is 0 Å². The van der Waals surface area contributed by atoms with E-state index in [1.807, 2.05) is 13.8 Å². The largest absolute Gasteiger partial charge is 0.458 e. The first-order chi connectivity index (χ1) is 11.1. The first kappa shape index (κ1) is 18.3. The molecule has 0 unspecified atom stereocenters. The first-order valence-corrected chi connectivity index (χ1v) is 8.57. The standard InChI is InChI=1S/C17H22N2O4S/c1-10-11(2)24-15-14(10)16(22)19(9-18-15)7-6-13(21)23-8-12(20)17(3,4)5/h9H,6-8H2,1-5H3. The number of carbonyl (C=O) groups excluding carboxylic acids is 2. The highest BCUT2D eigenvalue weighted by Gasteiger charge is 2.22. The first-order valence-electron chi connectivity index (χ1n) is 7.75. The zero-order valence-corrected chi connectivity index (χ0v) is 15.5. The highest BCUT2D eigenvalue weighted by atomic mass is 32.1. The maximum atomic E-state index is 12.5. The molecule has 0 bridgehead atoms. The van der Waals surface area contributed by atoms with Gasteiger partial charge in [-0.15, -0.1) is 11.3 Å². The number of thiophene rings is 1. The van der Waals surface area contributed by atoms with E-state index in [0.717, 1.165) is 10.4 Å². The average Bonchev–Trinajstić information content (AvgIpc) is 2.78. The van der Waals surface area contributed by atoms with Gasteiger partial charge in [0.1, 0.15) is 4.83 Å². The Morgan fingerprint density at radius 2 is 1.96 bits per heavy atom. The van der Waals surface area contributed by atoms with Crippen molar-refractivity contribution >= 4 is 33.3 Å². The summed E-state index contributed by atoms with van der Waals surface area (Å²) < 4.78 is 6.40. The molecule has 0 spiro atoms. The summed E-state index contributed by atoms with van der Waals surface area (Å²) in [6.45, 7) is 9.11. The third-order valence-corrected chi connectivity index (χ3v) is 5.03. The van der Waals surface area contributed by atoms with Crippen molar-refractivity contribution in [1.82, 2.24) is 9.55 Å². The minimum absolute atomic E-state index is 0.0205. The Morgan fingerprint density at radius 1 is 1.29 bits per heavy atom. The van der Waals surface area contributed by atoms with Gasteiger partial charge in [0, 0.05) is 16.8 Å². The van der Waals surface area contributed by atoms with Gasteiger partial charge in [0.05, 0.1) is 18.1 Å². The normalized spacial score (nSPS) is 11.7. The highest BCUT2D eigenvalue weighted by Crippen LogP contribution is 2.25. The minimum Gasteiger partial charge on any atom is -0.458 e. The number of nitrogens with zero attached hydrogens (tertiary/aromatic N) is 2. The number of fused-ring (bicyclic) bond motifs is 1. The third kappa shape index (κ3) is 3.90. The fourth-order valence-corrected chi connectivity index (χ4v) is 3.06. The van der Waals surface area contributed by atoms with Crippen LogP contribution in [-0.4, -0.2) is 27.9 Å². The molecule has 0 fully saturated rings. The van der Waals surface area contributed by atoms with Crippen molar-refractivity contribution in [1.29, 1.82) is 0 Å². The van der Waals surface area contributed by atoms with Gasteiger partial charge in [-0.1, -0.05) is 20.8 Å². The van der Waals surface area contributed by atoms with E-state index in [-0.39, 0.29) is 30.9 Å². The summed E-state index contributed by atoms with van der Waals surface area (Å²) in [6.07, 6.45) is 1.47. The number of ketones is 1. The molecular weight excluding hydrogens is 328 g/mol. The fraction of sp³-hybridized carbons (Fsp3) is 0.529.